The van der Waals surface area contributed by atoms with Crippen molar-refractivity contribution in [2.45, 2.75) is 31.6 Å². The third kappa shape index (κ3) is 7.77. The summed E-state index contributed by atoms with van der Waals surface area (Å²) in [6.07, 6.45) is 1.39. The summed E-state index contributed by atoms with van der Waals surface area (Å²) >= 11 is 0. The van der Waals surface area contributed by atoms with Crippen LogP contribution in [-0.2, 0) is 17.5 Å². The van der Waals surface area contributed by atoms with Crippen LogP contribution in [0.15, 0.2) is 41.4 Å². The molecule has 0 heterocycles. The Labute approximate surface area is 174 Å². The van der Waals surface area contributed by atoms with Crippen molar-refractivity contribution >= 4 is 35.8 Å². The number of alkyl halides is 3. The number of halogens is 4. The van der Waals surface area contributed by atoms with E-state index in [4.69, 9.17) is 0 Å². The van der Waals surface area contributed by atoms with Gasteiger partial charge in [0.1, 0.15) is 0 Å². The second-order valence-corrected chi connectivity index (χ2v) is 6.29. The quantitative estimate of drug-likeness (QED) is 0.285. The van der Waals surface area contributed by atoms with Crippen LogP contribution >= 0.6 is 24.0 Å². The summed E-state index contributed by atoms with van der Waals surface area (Å²) in [5, 5.41) is 6.15. The van der Waals surface area contributed by atoms with Gasteiger partial charge in [-0.05, 0) is 30.5 Å². The smallest absolute Gasteiger partial charge is 0.353 e. The van der Waals surface area contributed by atoms with E-state index in [2.05, 4.69) is 15.6 Å². The average molecular weight is 496 g/mol. The maximum absolute atomic E-state index is 12.8. The summed E-state index contributed by atoms with van der Waals surface area (Å²) < 4.78 is 38.4. The summed E-state index contributed by atoms with van der Waals surface area (Å²) in [6.45, 7) is 0.136. The van der Waals surface area contributed by atoms with Gasteiger partial charge in [-0.15, -0.1) is 24.0 Å². The first-order chi connectivity index (χ1) is 12.3. The number of hydrogen-bond donors (Lipinski definition) is 2. The molecule has 5 nitrogen and oxygen atoms in total. The van der Waals surface area contributed by atoms with E-state index in [0.29, 0.717) is 11.5 Å². The summed E-state index contributed by atoms with van der Waals surface area (Å²) in [4.78, 5) is 17.6. The second-order valence-electron chi connectivity index (χ2n) is 6.29. The minimum Gasteiger partial charge on any atom is -0.353 e. The first-order valence-corrected chi connectivity index (χ1v) is 8.32. The van der Waals surface area contributed by atoms with Crippen molar-refractivity contribution in [3.63, 3.8) is 0 Å². The van der Waals surface area contributed by atoms with Crippen molar-refractivity contribution < 1.29 is 18.0 Å². The number of carbonyl (C=O) groups excluding carboxylic acids is 1. The van der Waals surface area contributed by atoms with Crippen molar-refractivity contribution in [2.24, 2.45) is 4.99 Å². The van der Waals surface area contributed by atoms with E-state index < -0.39 is 11.7 Å². The van der Waals surface area contributed by atoms with E-state index in [1.165, 1.54) is 11.0 Å². The Hall–Kier alpha value is -1.78. The lowest BCUT2D eigenvalue weighted by atomic mass is 10.1. The molecule has 0 bridgehead atoms. The summed E-state index contributed by atoms with van der Waals surface area (Å²) in [5.41, 5.74) is -0.250. The highest BCUT2D eigenvalue weighted by Crippen LogP contribution is 2.29. The fraction of sp³-hybridized carbons (Fsp3) is 0.444. The Balaban J connectivity index is 0.00000364. The van der Waals surface area contributed by atoms with Crippen LogP contribution in [0.2, 0.25) is 0 Å². The SMILES string of the molecule is CN(C)C(=O)CNC(=NCc1cccc(C(F)(F)F)c1)NC1CC=CC1.I. The van der Waals surface area contributed by atoms with Gasteiger partial charge in [0.15, 0.2) is 5.96 Å². The fourth-order valence-corrected chi connectivity index (χ4v) is 2.41. The van der Waals surface area contributed by atoms with E-state index in [1.807, 2.05) is 12.2 Å². The molecule has 2 N–H and O–H groups in total. The number of benzene rings is 1. The third-order valence-corrected chi connectivity index (χ3v) is 3.93. The molecular formula is C18H24F3IN4O. The van der Waals surface area contributed by atoms with Crippen molar-refractivity contribution in [1.29, 1.82) is 0 Å². The summed E-state index contributed by atoms with van der Waals surface area (Å²) in [6, 6.07) is 5.24. The van der Waals surface area contributed by atoms with Gasteiger partial charge in [0.2, 0.25) is 5.91 Å². The number of aliphatic imine (C=N–C) groups is 1. The predicted octanol–water partition coefficient (Wildman–Crippen LogP) is 3.17. The van der Waals surface area contributed by atoms with Gasteiger partial charge in [-0.25, -0.2) is 4.99 Å². The first-order valence-electron chi connectivity index (χ1n) is 8.32. The van der Waals surface area contributed by atoms with Crippen LogP contribution in [0.25, 0.3) is 0 Å². The maximum atomic E-state index is 12.8. The number of nitrogens with zero attached hydrogens (tertiary/aromatic N) is 2. The third-order valence-electron chi connectivity index (χ3n) is 3.93. The molecule has 9 heteroatoms. The molecule has 1 aromatic rings. The van der Waals surface area contributed by atoms with Crippen LogP contribution < -0.4 is 10.6 Å². The lowest BCUT2D eigenvalue weighted by molar-refractivity contribution is -0.137. The average Bonchev–Trinajstić information content (AvgIpc) is 3.09. The number of likely N-dealkylation sites (N-methyl/N-ethyl adjacent to an activating group) is 1. The van der Waals surface area contributed by atoms with Crippen molar-refractivity contribution in [3.05, 3.63) is 47.5 Å². The highest BCUT2D eigenvalue weighted by atomic mass is 127. The predicted molar refractivity (Wildman–Crippen MR) is 110 cm³/mol. The molecule has 0 atom stereocenters. The Morgan fingerprint density at radius 1 is 1.26 bits per heavy atom. The van der Waals surface area contributed by atoms with Gasteiger partial charge in [0.25, 0.3) is 0 Å². The van der Waals surface area contributed by atoms with E-state index in [9.17, 15) is 18.0 Å². The van der Waals surface area contributed by atoms with E-state index in [1.54, 1.807) is 20.2 Å². The van der Waals surface area contributed by atoms with Crippen LogP contribution in [0, 0.1) is 0 Å². The molecule has 0 radical (unpaired) electrons. The van der Waals surface area contributed by atoms with E-state index in [-0.39, 0.29) is 49.0 Å². The van der Waals surface area contributed by atoms with Gasteiger partial charge < -0.3 is 15.5 Å². The Kier molecular flexibility index (Phi) is 9.07. The van der Waals surface area contributed by atoms with Gasteiger partial charge in [0.05, 0.1) is 18.7 Å². The summed E-state index contributed by atoms with van der Waals surface area (Å²) in [7, 11) is 3.30. The molecule has 1 aliphatic carbocycles. The van der Waals surface area contributed by atoms with Crippen LogP contribution in [0.4, 0.5) is 13.2 Å². The molecule has 0 unspecified atom stereocenters. The first kappa shape index (κ1) is 23.3. The Morgan fingerprint density at radius 3 is 2.52 bits per heavy atom. The van der Waals surface area contributed by atoms with Crippen molar-refractivity contribution in [1.82, 2.24) is 15.5 Å². The number of amides is 1. The van der Waals surface area contributed by atoms with Crippen molar-refractivity contribution in [3.8, 4) is 0 Å². The monoisotopic (exact) mass is 496 g/mol. The fourth-order valence-electron chi connectivity index (χ4n) is 2.41. The molecule has 0 aliphatic heterocycles. The summed E-state index contributed by atoms with van der Waals surface area (Å²) in [5.74, 6) is 0.287. The minimum atomic E-state index is -4.38. The number of guanidine groups is 1. The van der Waals surface area contributed by atoms with Gasteiger partial charge in [-0.2, -0.15) is 13.2 Å². The maximum Gasteiger partial charge on any atom is 0.416 e. The molecule has 1 amide bonds. The van der Waals surface area contributed by atoms with Gasteiger partial charge in [-0.1, -0.05) is 24.3 Å². The highest BCUT2D eigenvalue weighted by molar-refractivity contribution is 14.0. The lowest BCUT2D eigenvalue weighted by Crippen LogP contribution is -2.46. The number of rotatable bonds is 5. The van der Waals surface area contributed by atoms with Gasteiger partial charge in [-0.3, -0.25) is 4.79 Å². The number of nitrogens with one attached hydrogen (secondary N) is 2. The Bertz CT molecular complexity index is 681. The van der Waals surface area contributed by atoms with Gasteiger partial charge in [0, 0.05) is 20.1 Å². The van der Waals surface area contributed by atoms with Crippen molar-refractivity contribution in [2.75, 3.05) is 20.6 Å². The molecule has 2 rings (SSSR count). The molecule has 0 saturated carbocycles. The molecule has 1 aliphatic rings. The molecule has 1 aromatic carbocycles. The van der Waals surface area contributed by atoms with Crippen LogP contribution in [-0.4, -0.2) is 43.4 Å². The zero-order chi connectivity index (χ0) is 19.2. The number of carbonyl (C=O) groups is 1. The molecule has 0 aromatic heterocycles. The molecule has 27 heavy (non-hydrogen) atoms. The molecule has 0 fully saturated rings. The molecule has 0 saturated heterocycles. The number of hydrogen-bond acceptors (Lipinski definition) is 2. The van der Waals surface area contributed by atoms with E-state index >= 15 is 0 Å². The molecular weight excluding hydrogens is 472 g/mol. The molecule has 150 valence electrons. The minimum absolute atomic E-state index is 0. The van der Waals surface area contributed by atoms with E-state index in [0.717, 1.165) is 25.0 Å². The standard InChI is InChI=1S/C18H23F3N4O.HI/c1-25(2)16(26)12-23-17(24-15-8-3-4-9-15)22-11-13-6-5-7-14(10-13)18(19,20)21;/h3-7,10,15H,8-9,11-12H2,1-2H3,(H2,22,23,24);1H. The normalized spacial score (nSPS) is 14.6. The lowest BCUT2D eigenvalue weighted by Gasteiger charge is -2.18. The van der Waals surface area contributed by atoms with Crippen LogP contribution in [0.3, 0.4) is 0 Å². The van der Waals surface area contributed by atoms with Crippen LogP contribution in [0.5, 0.6) is 0 Å². The van der Waals surface area contributed by atoms with Crippen LogP contribution in [0.1, 0.15) is 24.0 Å². The Morgan fingerprint density at radius 2 is 1.93 bits per heavy atom. The second kappa shape index (κ2) is 10.5. The zero-order valence-electron chi connectivity index (χ0n) is 15.2. The largest absolute Gasteiger partial charge is 0.416 e. The highest BCUT2D eigenvalue weighted by Gasteiger charge is 2.30. The molecule has 0 spiro atoms. The topological polar surface area (TPSA) is 56.7 Å². The zero-order valence-corrected chi connectivity index (χ0v) is 17.5. The van der Waals surface area contributed by atoms with Gasteiger partial charge >= 0.3 is 6.18 Å².